The zero-order chi connectivity index (χ0) is 13.7. The third kappa shape index (κ3) is 3.22. The average Bonchev–Trinajstić information content (AvgIpc) is 2.32. The van der Waals surface area contributed by atoms with Gasteiger partial charge in [-0.2, -0.15) is 0 Å². The van der Waals surface area contributed by atoms with Crippen molar-refractivity contribution in [1.29, 1.82) is 0 Å². The van der Waals surface area contributed by atoms with Crippen LogP contribution in [0.25, 0.3) is 10.4 Å². The molecule has 0 bridgehead atoms. The van der Waals surface area contributed by atoms with Crippen LogP contribution in [0, 0.1) is 0 Å². The Morgan fingerprint density at radius 1 is 1.61 bits per heavy atom. The van der Waals surface area contributed by atoms with Gasteiger partial charge in [0.2, 0.25) is 5.91 Å². The highest BCUT2D eigenvalue weighted by Crippen LogP contribution is 2.22. The van der Waals surface area contributed by atoms with E-state index >= 15 is 0 Å². The number of aliphatic hydroxyl groups excluding tert-OH is 3. The van der Waals surface area contributed by atoms with E-state index in [-0.39, 0.29) is 0 Å². The third-order valence-corrected chi connectivity index (χ3v) is 2.45. The molecule has 1 heterocycles. The molecule has 1 saturated heterocycles. The third-order valence-electron chi connectivity index (χ3n) is 2.45. The fourth-order valence-electron chi connectivity index (χ4n) is 1.67. The van der Waals surface area contributed by atoms with Gasteiger partial charge in [-0.05, 0) is 5.53 Å². The molecule has 10 nitrogen and oxygen atoms in total. The molecule has 1 amide bonds. The Morgan fingerprint density at radius 3 is 2.78 bits per heavy atom. The van der Waals surface area contributed by atoms with Crippen LogP contribution in [0.15, 0.2) is 5.28 Å². The number of nitrogens with one attached hydrogen (secondary N) is 1. The first-order valence-corrected chi connectivity index (χ1v) is 5.11. The van der Waals surface area contributed by atoms with E-state index in [4.69, 9.17) is 15.4 Å². The lowest BCUT2D eigenvalue weighted by Gasteiger charge is -2.41. The Balaban J connectivity index is 2.89. The summed E-state index contributed by atoms with van der Waals surface area (Å²) in [5.41, 5.74) is 8.16. The van der Waals surface area contributed by atoms with Crippen molar-refractivity contribution in [2.75, 3.05) is 6.61 Å². The van der Waals surface area contributed by atoms with Gasteiger partial charge in [-0.15, -0.1) is 0 Å². The van der Waals surface area contributed by atoms with E-state index in [0.717, 1.165) is 0 Å². The summed E-state index contributed by atoms with van der Waals surface area (Å²) in [6.45, 7) is 0.628. The van der Waals surface area contributed by atoms with Gasteiger partial charge in [-0.3, -0.25) is 4.79 Å². The van der Waals surface area contributed by atoms with Crippen LogP contribution in [0.1, 0.15) is 6.92 Å². The second kappa shape index (κ2) is 6.38. The highest BCUT2D eigenvalue weighted by molar-refractivity contribution is 5.73. The van der Waals surface area contributed by atoms with Crippen LogP contribution in [0.4, 0.5) is 0 Å². The molecule has 0 saturated carbocycles. The largest absolute Gasteiger partial charge is 0.425 e. The van der Waals surface area contributed by atoms with Gasteiger partial charge < -0.3 is 30.2 Å². The Kier molecular flexibility index (Phi) is 5.13. The number of rotatable bonds is 4. The number of aliphatic hydroxyl groups is 3. The van der Waals surface area contributed by atoms with E-state index < -0.39 is 43.2 Å². The van der Waals surface area contributed by atoms with E-state index in [2.05, 4.69) is 20.3 Å². The van der Waals surface area contributed by atoms with Crippen LogP contribution < -0.4 is 5.32 Å². The van der Waals surface area contributed by atoms with Gasteiger partial charge in [0, 0.05) is 11.8 Å². The summed E-state index contributed by atoms with van der Waals surface area (Å²) in [4.78, 5) is 18.0. The zero-order valence-corrected chi connectivity index (χ0v) is 9.50. The smallest absolute Gasteiger partial charge is 0.217 e. The van der Waals surface area contributed by atoms with Crippen molar-refractivity contribution in [1.82, 2.24) is 5.32 Å². The molecule has 0 spiro atoms. The van der Waals surface area contributed by atoms with Gasteiger partial charge in [0.1, 0.15) is 23.5 Å². The summed E-state index contributed by atoms with van der Waals surface area (Å²) in [7, 11) is 0. The zero-order valence-electron chi connectivity index (χ0n) is 9.50. The van der Waals surface area contributed by atoms with Crippen molar-refractivity contribution in [2.45, 2.75) is 37.6 Å². The van der Waals surface area contributed by atoms with E-state index in [1.807, 2.05) is 0 Å². The van der Waals surface area contributed by atoms with Crippen LogP contribution in [0.2, 0.25) is 0 Å². The molecule has 0 aliphatic carbocycles. The summed E-state index contributed by atoms with van der Waals surface area (Å²) in [6.07, 6.45) is -5.22. The number of amides is 1. The minimum absolute atomic E-state index is 0.494. The SMILES string of the molecule is CC(=O)N[C@H]1C(O)O[C@H](CO)[C@@H](O)[C@@H]1ON=[N+]=[N-]. The quantitative estimate of drug-likeness (QED) is 0.202. The molecule has 4 N–H and O–H groups in total. The summed E-state index contributed by atoms with van der Waals surface area (Å²) < 4.78 is 4.90. The molecule has 0 aromatic heterocycles. The number of azide groups is 1. The first-order valence-electron chi connectivity index (χ1n) is 5.11. The Hall–Kier alpha value is -1.58. The van der Waals surface area contributed by atoms with Gasteiger partial charge in [-0.1, -0.05) is 0 Å². The van der Waals surface area contributed by atoms with E-state index in [0.29, 0.717) is 0 Å². The second-order valence-corrected chi connectivity index (χ2v) is 3.71. The van der Waals surface area contributed by atoms with Crippen LogP contribution in [-0.4, -0.2) is 58.5 Å². The molecule has 1 aliphatic rings. The van der Waals surface area contributed by atoms with E-state index in [1.54, 1.807) is 0 Å². The van der Waals surface area contributed by atoms with Crippen molar-refractivity contribution in [3.8, 4) is 0 Å². The molecule has 18 heavy (non-hydrogen) atoms. The molecule has 1 aliphatic heterocycles. The molecular weight excluding hydrogens is 248 g/mol. The fraction of sp³-hybridized carbons (Fsp3) is 0.875. The molecule has 102 valence electrons. The van der Waals surface area contributed by atoms with Crippen LogP contribution in [0.5, 0.6) is 0 Å². The number of nitrogens with zero attached hydrogens (tertiary/aromatic N) is 3. The highest BCUT2D eigenvalue weighted by atomic mass is 16.7. The monoisotopic (exact) mass is 262 g/mol. The lowest BCUT2D eigenvalue weighted by Crippen LogP contribution is -2.64. The molecule has 0 aromatic rings. The number of ether oxygens (including phenoxy) is 1. The maximum absolute atomic E-state index is 11.0. The van der Waals surface area contributed by atoms with Gasteiger partial charge in [0.05, 0.1) is 6.61 Å². The van der Waals surface area contributed by atoms with Crippen LogP contribution in [-0.2, 0) is 14.4 Å². The normalized spacial score (nSPS) is 35.4. The van der Waals surface area contributed by atoms with Crippen molar-refractivity contribution in [3.05, 3.63) is 10.4 Å². The predicted molar refractivity (Wildman–Crippen MR) is 55.6 cm³/mol. The highest BCUT2D eigenvalue weighted by Gasteiger charge is 2.46. The van der Waals surface area contributed by atoms with Gasteiger partial charge in [0.25, 0.3) is 0 Å². The summed E-state index contributed by atoms with van der Waals surface area (Å²) in [6, 6.07) is -1.12. The molecule has 1 unspecified atom stereocenters. The summed E-state index contributed by atoms with van der Waals surface area (Å²) in [5, 5.41) is 33.5. The number of carbonyl (C=O) groups excluding carboxylic acids is 1. The molecule has 1 rings (SSSR count). The second-order valence-electron chi connectivity index (χ2n) is 3.71. The lowest BCUT2D eigenvalue weighted by molar-refractivity contribution is -0.262. The van der Waals surface area contributed by atoms with Gasteiger partial charge in [-0.25, -0.2) is 0 Å². The van der Waals surface area contributed by atoms with Crippen LogP contribution in [0.3, 0.4) is 0 Å². The van der Waals surface area contributed by atoms with Crippen molar-refractivity contribution < 1.29 is 29.7 Å². The molecule has 10 heteroatoms. The lowest BCUT2D eigenvalue weighted by atomic mass is 9.97. The maximum Gasteiger partial charge on any atom is 0.217 e. The maximum atomic E-state index is 11.0. The Labute approximate surface area is 102 Å². The Bertz CT molecular complexity index is 346. The topological polar surface area (TPSA) is 157 Å². The van der Waals surface area contributed by atoms with E-state index in [9.17, 15) is 15.0 Å². The van der Waals surface area contributed by atoms with Gasteiger partial charge >= 0.3 is 0 Å². The minimum Gasteiger partial charge on any atom is -0.425 e. The molecule has 0 radical (unpaired) electrons. The first-order chi connectivity index (χ1) is 8.51. The van der Waals surface area contributed by atoms with Crippen molar-refractivity contribution in [3.63, 3.8) is 0 Å². The number of hydrogen-bond acceptors (Lipinski definition) is 7. The molecule has 5 atom stereocenters. The number of carbonyl (C=O) groups is 1. The molecular formula is C8H14N4O6. The predicted octanol–water partition coefficient (Wildman–Crippen LogP) is -1.83. The average molecular weight is 262 g/mol. The standard InChI is InChI=1S/C8H14N4O6/c1-3(14)10-5-7(18-12-11-9)6(15)4(2-13)17-8(5)16/h4-8,13,15-16H,2H2,1H3,(H,10,14)/t4-,5-,6-,7-,8?/m1/s1. The molecule has 1 fully saturated rings. The Morgan fingerprint density at radius 2 is 2.28 bits per heavy atom. The van der Waals surface area contributed by atoms with Crippen molar-refractivity contribution in [2.24, 2.45) is 5.28 Å². The fourth-order valence-corrected chi connectivity index (χ4v) is 1.67. The first kappa shape index (κ1) is 14.5. The summed E-state index contributed by atoms with van der Waals surface area (Å²) in [5.74, 6) is -0.494. The summed E-state index contributed by atoms with van der Waals surface area (Å²) >= 11 is 0. The van der Waals surface area contributed by atoms with E-state index in [1.165, 1.54) is 6.92 Å². The minimum atomic E-state index is -1.51. The van der Waals surface area contributed by atoms with Crippen LogP contribution >= 0.6 is 0 Å². The number of hydrogen-bond donors (Lipinski definition) is 4. The van der Waals surface area contributed by atoms with Crippen molar-refractivity contribution >= 4 is 5.91 Å². The van der Waals surface area contributed by atoms with Gasteiger partial charge in [0.15, 0.2) is 12.4 Å². The molecule has 0 aromatic carbocycles.